The summed E-state index contributed by atoms with van der Waals surface area (Å²) in [6.07, 6.45) is 0.901. The van der Waals surface area contributed by atoms with Crippen molar-refractivity contribution in [2.75, 3.05) is 0 Å². The number of carbonyl (C=O) groups is 1. The van der Waals surface area contributed by atoms with Crippen molar-refractivity contribution in [3.05, 3.63) is 73.8 Å². The number of nitrogens with zero attached hydrogens (tertiary/aromatic N) is 2. The molecule has 0 atom stereocenters. The van der Waals surface area contributed by atoms with E-state index in [-0.39, 0.29) is 16.9 Å². The van der Waals surface area contributed by atoms with Gasteiger partial charge in [0, 0.05) is 30.3 Å². The van der Waals surface area contributed by atoms with Gasteiger partial charge < -0.3 is 5.11 Å². The van der Waals surface area contributed by atoms with Gasteiger partial charge in [-0.3, -0.25) is 20.2 Å². The predicted octanol–water partition coefficient (Wildman–Crippen LogP) is 3.00. The van der Waals surface area contributed by atoms with Crippen LogP contribution in [-0.2, 0) is 4.79 Å². The zero-order valence-corrected chi connectivity index (χ0v) is 11.4. The molecule has 0 spiro atoms. The number of hydrogen-bond acceptors (Lipinski definition) is 5. The molecule has 0 fully saturated rings. The van der Waals surface area contributed by atoms with Gasteiger partial charge in [0.2, 0.25) is 0 Å². The monoisotopic (exact) mass is 312 g/mol. The summed E-state index contributed by atoms with van der Waals surface area (Å²) < 4.78 is 0. The Hall–Kier alpha value is -3.55. The molecule has 0 radical (unpaired) electrons. The van der Waals surface area contributed by atoms with E-state index in [0.717, 1.165) is 6.08 Å². The van der Waals surface area contributed by atoms with E-state index in [2.05, 4.69) is 0 Å². The van der Waals surface area contributed by atoms with E-state index in [9.17, 15) is 25.0 Å². The first kappa shape index (κ1) is 14.4. The summed E-state index contributed by atoms with van der Waals surface area (Å²) in [5.41, 5.74) is 1.81. The van der Waals surface area contributed by atoms with Gasteiger partial charge in [0.25, 0.3) is 11.4 Å². The SMILES string of the molecule is O=C(O)C=C1c2cc([N+](=O)[O-])ccc2-c2ccc([N+](=O)[O-])cc21. The second-order valence-electron chi connectivity index (χ2n) is 4.87. The van der Waals surface area contributed by atoms with E-state index in [1.807, 2.05) is 0 Å². The number of nitro groups is 2. The molecule has 23 heavy (non-hydrogen) atoms. The summed E-state index contributed by atoms with van der Waals surface area (Å²) in [5.74, 6) is -1.24. The van der Waals surface area contributed by atoms with E-state index in [1.165, 1.54) is 36.4 Å². The molecule has 8 nitrogen and oxygen atoms in total. The van der Waals surface area contributed by atoms with Gasteiger partial charge in [-0.1, -0.05) is 0 Å². The maximum atomic E-state index is 11.1. The van der Waals surface area contributed by atoms with Crippen molar-refractivity contribution in [3.8, 4) is 11.1 Å². The lowest BCUT2D eigenvalue weighted by Gasteiger charge is -2.01. The molecule has 3 rings (SSSR count). The van der Waals surface area contributed by atoms with E-state index in [1.54, 1.807) is 0 Å². The minimum atomic E-state index is -1.24. The predicted molar refractivity (Wildman–Crippen MR) is 79.9 cm³/mol. The zero-order chi connectivity index (χ0) is 16.7. The average molecular weight is 312 g/mol. The molecule has 1 N–H and O–H groups in total. The second kappa shape index (κ2) is 5.02. The topological polar surface area (TPSA) is 124 Å². The van der Waals surface area contributed by atoms with Crippen molar-refractivity contribution in [2.24, 2.45) is 0 Å². The van der Waals surface area contributed by atoms with Crippen LogP contribution in [0.3, 0.4) is 0 Å². The Labute approximate surface area is 128 Å². The van der Waals surface area contributed by atoms with Crippen LogP contribution < -0.4 is 0 Å². The summed E-state index contributed by atoms with van der Waals surface area (Å²) in [7, 11) is 0. The summed E-state index contributed by atoms with van der Waals surface area (Å²) in [6, 6.07) is 8.20. The quantitative estimate of drug-likeness (QED) is 0.450. The van der Waals surface area contributed by atoms with Crippen LogP contribution in [0.1, 0.15) is 11.1 Å². The van der Waals surface area contributed by atoms with Crippen molar-refractivity contribution < 1.29 is 19.7 Å². The lowest BCUT2D eigenvalue weighted by Crippen LogP contribution is -1.94. The molecule has 0 heterocycles. The van der Waals surface area contributed by atoms with E-state index >= 15 is 0 Å². The lowest BCUT2D eigenvalue weighted by molar-refractivity contribution is -0.385. The van der Waals surface area contributed by atoms with Crippen LogP contribution in [0, 0.1) is 20.2 Å². The third-order valence-corrected chi connectivity index (χ3v) is 3.57. The van der Waals surface area contributed by atoms with Gasteiger partial charge in [-0.05, 0) is 40.0 Å². The largest absolute Gasteiger partial charge is 0.478 e. The van der Waals surface area contributed by atoms with Gasteiger partial charge in [0.15, 0.2) is 0 Å². The Morgan fingerprint density at radius 2 is 1.30 bits per heavy atom. The molecule has 0 unspecified atom stereocenters. The van der Waals surface area contributed by atoms with E-state index in [0.29, 0.717) is 22.3 Å². The first-order chi connectivity index (χ1) is 10.9. The summed E-state index contributed by atoms with van der Waals surface area (Å²) in [6.45, 7) is 0. The maximum Gasteiger partial charge on any atom is 0.328 e. The van der Waals surface area contributed by atoms with Gasteiger partial charge in [0.1, 0.15) is 0 Å². The number of carboxylic acid groups (broad SMARTS) is 1. The number of hydrogen-bond donors (Lipinski definition) is 1. The third-order valence-electron chi connectivity index (χ3n) is 3.57. The number of fused-ring (bicyclic) bond motifs is 3. The maximum absolute atomic E-state index is 11.1. The van der Waals surface area contributed by atoms with Crippen LogP contribution in [0.15, 0.2) is 42.5 Å². The molecule has 0 saturated carbocycles. The van der Waals surface area contributed by atoms with Gasteiger partial charge in [-0.15, -0.1) is 0 Å². The second-order valence-corrected chi connectivity index (χ2v) is 4.87. The highest BCUT2D eigenvalue weighted by atomic mass is 16.6. The Bertz CT molecular complexity index is 851. The minimum absolute atomic E-state index is 0.178. The molecule has 2 aromatic carbocycles. The molecular weight excluding hydrogens is 304 g/mol. The van der Waals surface area contributed by atoms with Gasteiger partial charge in [-0.2, -0.15) is 0 Å². The third kappa shape index (κ3) is 2.31. The highest BCUT2D eigenvalue weighted by Gasteiger charge is 2.28. The molecule has 0 bridgehead atoms. The van der Waals surface area contributed by atoms with Crippen molar-refractivity contribution in [3.63, 3.8) is 0 Å². The standard InChI is InChI=1S/C15H8N2O6/c18-15(19)7-14-12-5-8(16(20)21)1-3-10(12)11-4-2-9(17(22)23)6-13(11)14/h1-7H,(H,18,19). The summed E-state index contributed by atoms with van der Waals surface area (Å²) in [4.78, 5) is 31.8. The number of rotatable bonds is 3. The number of carboxylic acids is 1. The summed E-state index contributed by atoms with van der Waals surface area (Å²) >= 11 is 0. The first-order valence-electron chi connectivity index (χ1n) is 6.41. The van der Waals surface area contributed by atoms with Crippen molar-refractivity contribution in [2.45, 2.75) is 0 Å². The fourth-order valence-corrected chi connectivity index (χ4v) is 2.63. The van der Waals surface area contributed by atoms with E-state index < -0.39 is 15.8 Å². The molecule has 0 aromatic heterocycles. The van der Waals surface area contributed by atoms with Crippen LogP contribution in [-0.4, -0.2) is 20.9 Å². The molecule has 1 aliphatic rings. The molecule has 2 aromatic rings. The minimum Gasteiger partial charge on any atom is -0.478 e. The normalized spacial score (nSPS) is 11.6. The lowest BCUT2D eigenvalue weighted by atomic mass is 10.0. The van der Waals surface area contributed by atoms with Crippen LogP contribution in [0.25, 0.3) is 16.7 Å². The molecule has 1 aliphatic carbocycles. The molecule has 0 saturated heterocycles. The fraction of sp³-hybridized carbons (Fsp3) is 0. The zero-order valence-electron chi connectivity index (χ0n) is 11.4. The van der Waals surface area contributed by atoms with Crippen molar-refractivity contribution in [1.29, 1.82) is 0 Å². The highest BCUT2D eigenvalue weighted by Crippen LogP contribution is 2.46. The van der Waals surface area contributed by atoms with Crippen LogP contribution >= 0.6 is 0 Å². The Balaban J connectivity index is 2.30. The molecule has 0 amide bonds. The molecule has 0 aliphatic heterocycles. The number of aliphatic carboxylic acids is 1. The summed E-state index contributed by atoms with van der Waals surface area (Å²) in [5, 5.41) is 30.9. The first-order valence-corrected chi connectivity index (χ1v) is 6.41. The number of non-ortho nitro benzene ring substituents is 2. The van der Waals surface area contributed by atoms with Crippen molar-refractivity contribution in [1.82, 2.24) is 0 Å². The fourth-order valence-electron chi connectivity index (χ4n) is 2.63. The molecule has 8 heteroatoms. The molecular formula is C15H8N2O6. The Kier molecular flexibility index (Phi) is 3.14. The van der Waals surface area contributed by atoms with Crippen LogP contribution in [0.4, 0.5) is 11.4 Å². The van der Waals surface area contributed by atoms with Crippen LogP contribution in [0.5, 0.6) is 0 Å². The Morgan fingerprint density at radius 1 is 0.870 bits per heavy atom. The number of nitro benzene ring substituents is 2. The average Bonchev–Trinajstić information content (AvgIpc) is 2.79. The Morgan fingerprint density at radius 3 is 1.65 bits per heavy atom. The van der Waals surface area contributed by atoms with Gasteiger partial charge in [-0.25, -0.2) is 4.79 Å². The van der Waals surface area contributed by atoms with Crippen molar-refractivity contribution >= 4 is 22.9 Å². The van der Waals surface area contributed by atoms with Gasteiger partial charge in [0.05, 0.1) is 9.85 Å². The molecule has 114 valence electrons. The number of benzene rings is 2. The highest BCUT2D eigenvalue weighted by molar-refractivity contribution is 6.07. The van der Waals surface area contributed by atoms with Gasteiger partial charge >= 0.3 is 5.97 Å². The van der Waals surface area contributed by atoms with E-state index in [4.69, 9.17) is 5.11 Å². The smallest absolute Gasteiger partial charge is 0.328 e. The van der Waals surface area contributed by atoms with Crippen LogP contribution in [0.2, 0.25) is 0 Å².